The van der Waals surface area contributed by atoms with E-state index in [-0.39, 0.29) is 40.9 Å². The topological polar surface area (TPSA) is 73.8 Å². The number of thiophene rings is 1. The van der Waals surface area contributed by atoms with E-state index in [0.717, 1.165) is 18.9 Å². The number of hydrogen-bond acceptors (Lipinski definition) is 4. The molecule has 1 aromatic rings. The number of likely N-dealkylation sites (tertiary alicyclic amines) is 1. The van der Waals surface area contributed by atoms with E-state index in [9.17, 15) is 9.59 Å². The van der Waals surface area contributed by atoms with Gasteiger partial charge in [-0.3, -0.25) is 19.5 Å². The second-order valence-corrected chi connectivity index (χ2v) is 9.76. The molecule has 2 amide bonds. The van der Waals surface area contributed by atoms with Crippen LogP contribution < -0.4 is 10.6 Å². The van der Waals surface area contributed by atoms with Gasteiger partial charge in [-0.05, 0) is 36.6 Å². The van der Waals surface area contributed by atoms with Crippen molar-refractivity contribution in [3.8, 4) is 0 Å². The van der Waals surface area contributed by atoms with Crippen LogP contribution >= 0.6 is 11.3 Å². The van der Waals surface area contributed by atoms with Crippen molar-refractivity contribution in [2.75, 3.05) is 26.2 Å². The van der Waals surface area contributed by atoms with Crippen molar-refractivity contribution >= 4 is 29.1 Å². The van der Waals surface area contributed by atoms with Crippen molar-refractivity contribution in [1.29, 1.82) is 0 Å². The monoisotopic (exact) mass is 414 g/mol. The minimum atomic E-state index is -0.119. The van der Waals surface area contributed by atoms with Gasteiger partial charge in [-0.15, -0.1) is 11.3 Å². The Kier molecular flexibility index (Phi) is 5.51. The number of carbonyl (C=O) groups is 2. The van der Waals surface area contributed by atoms with E-state index in [4.69, 9.17) is 4.99 Å². The average Bonchev–Trinajstić information content (AvgIpc) is 3.47. The molecule has 1 saturated carbocycles. The summed E-state index contributed by atoms with van der Waals surface area (Å²) < 4.78 is 0. The van der Waals surface area contributed by atoms with E-state index in [1.54, 1.807) is 11.3 Å². The van der Waals surface area contributed by atoms with Crippen LogP contribution in [0.3, 0.4) is 0 Å². The average molecular weight is 415 g/mol. The lowest BCUT2D eigenvalue weighted by Gasteiger charge is -2.22. The molecule has 1 saturated heterocycles. The first-order valence-electron chi connectivity index (χ1n) is 10.5. The number of nitrogens with zero attached hydrogens (tertiary/aromatic N) is 2. The number of fused-ring (bicyclic) bond motifs is 5. The summed E-state index contributed by atoms with van der Waals surface area (Å²) in [6.07, 6.45) is 5.23. The van der Waals surface area contributed by atoms with Gasteiger partial charge in [0.2, 0.25) is 11.8 Å². The number of guanidine groups is 1. The van der Waals surface area contributed by atoms with Crippen LogP contribution in [-0.4, -0.2) is 48.9 Å². The fourth-order valence-corrected chi connectivity index (χ4v) is 5.68. The number of amides is 2. The summed E-state index contributed by atoms with van der Waals surface area (Å²) in [6.45, 7) is 8.71. The van der Waals surface area contributed by atoms with Crippen LogP contribution in [0.4, 0.5) is 0 Å². The molecule has 4 rings (SSSR count). The molecule has 2 fully saturated rings. The van der Waals surface area contributed by atoms with E-state index >= 15 is 0 Å². The summed E-state index contributed by atoms with van der Waals surface area (Å²) in [6, 6.07) is 4.21. The normalized spacial score (nSPS) is 28.4. The second kappa shape index (κ2) is 7.94. The van der Waals surface area contributed by atoms with Crippen LogP contribution in [0.15, 0.2) is 34.7 Å². The second-order valence-electron chi connectivity index (χ2n) is 8.81. The van der Waals surface area contributed by atoms with E-state index in [2.05, 4.69) is 54.1 Å². The smallest absolute Gasteiger partial charge is 0.233 e. The summed E-state index contributed by atoms with van der Waals surface area (Å²) in [4.78, 5) is 33.1. The molecule has 4 atom stereocenters. The highest BCUT2D eigenvalue weighted by molar-refractivity contribution is 7.10. The first-order chi connectivity index (χ1) is 13.9. The number of rotatable bonds is 7. The van der Waals surface area contributed by atoms with Crippen LogP contribution in [0.25, 0.3) is 0 Å². The zero-order valence-corrected chi connectivity index (χ0v) is 18.2. The molecule has 156 valence electrons. The van der Waals surface area contributed by atoms with Gasteiger partial charge < -0.3 is 10.6 Å². The number of aliphatic imine (C=N–C) groups is 1. The summed E-state index contributed by atoms with van der Waals surface area (Å²) in [5.41, 5.74) is -0.0406. The van der Waals surface area contributed by atoms with Gasteiger partial charge in [-0.1, -0.05) is 32.1 Å². The maximum atomic E-state index is 12.8. The summed E-state index contributed by atoms with van der Waals surface area (Å²) in [5, 5.41) is 8.64. The lowest BCUT2D eigenvalue weighted by molar-refractivity contribution is -0.140. The van der Waals surface area contributed by atoms with Gasteiger partial charge in [-0.2, -0.15) is 0 Å². The zero-order valence-electron chi connectivity index (χ0n) is 17.4. The highest BCUT2D eigenvalue weighted by Gasteiger charge is 2.58. The molecule has 2 aliphatic carbocycles. The highest BCUT2D eigenvalue weighted by Crippen LogP contribution is 2.52. The Morgan fingerprint density at radius 1 is 1.21 bits per heavy atom. The van der Waals surface area contributed by atoms with Gasteiger partial charge in [0.15, 0.2) is 5.96 Å². The molecule has 0 radical (unpaired) electrons. The lowest BCUT2D eigenvalue weighted by Crippen LogP contribution is -2.44. The Bertz CT molecular complexity index is 800. The van der Waals surface area contributed by atoms with Crippen molar-refractivity contribution in [2.24, 2.45) is 28.7 Å². The van der Waals surface area contributed by atoms with E-state index in [0.29, 0.717) is 19.6 Å². The number of imide groups is 1. The summed E-state index contributed by atoms with van der Waals surface area (Å²) in [5.74, 6) is 1.03. The van der Waals surface area contributed by atoms with Gasteiger partial charge >= 0.3 is 0 Å². The standard InChI is InChI=1S/C22H30N4O2S/c1-4-23-21(25-13-22(2,3)16-6-5-11-29-16)24-9-10-26-19(27)17-14-7-8-15(12-14)18(17)20(26)28/h5-8,11,14-15,17-18H,4,9-10,12-13H2,1-3H3,(H2,23,24,25). The molecule has 2 N–H and O–H groups in total. The Hall–Kier alpha value is -2.15. The van der Waals surface area contributed by atoms with Gasteiger partial charge in [0.1, 0.15) is 0 Å². The third kappa shape index (κ3) is 3.72. The Morgan fingerprint density at radius 3 is 2.48 bits per heavy atom. The lowest BCUT2D eigenvalue weighted by atomic mass is 9.85. The highest BCUT2D eigenvalue weighted by atomic mass is 32.1. The molecular weight excluding hydrogens is 384 g/mol. The predicted molar refractivity (Wildman–Crippen MR) is 116 cm³/mol. The van der Waals surface area contributed by atoms with Crippen molar-refractivity contribution in [2.45, 2.75) is 32.6 Å². The SMILES string of the molecule is CCNC(=NCC(C)(C)c1cccs1)NCCN1C(=O)C2C3C=CC(C3)C2C1=O. The molecule has 0 spiro atoms. The van der Waals surface area contributed by atoms with E-state index in [1.807, 2.05) is 6.92 Å². The first kappa shape index (κ1) is 20.1. The summed E-state index contributed by atoms with van der Waals surface area (Å²) in [7, 11) is 0. The van der Waals surface area contributed by atoms with Crippen molar-refractivity contribution in [3.05, 3.63) is 34.5 Å². The fourth-order valence-electron chi connectivity index (χ4n) is 4.83. The zero-order chi connectivity index (χ0) is 20.6. The largest absolute Gasteiger partial charge is 0.357 e. The Balaban J connectivity index is 1.33. The molecule has 4 unspecified atom stereocenters. The fraction of sp³-hybridized carbons (Fsp3) is 0.591. The molecule has 2 heterocycles. The molecule has 6 nitrogen and oxygen atoms in total. The predicted octanol–water partition coefficient (Wildman–Crippen LogP) is 2.39. The summed E-state index contributed by atoms with van der Waals surface area (Å²) >= 11 is 1.75. The molecule has 29 heavy (non-hydrogen) atoms. The number of nitrogens with one attached hydrogen (secondary N) is 2. The molecule has 1 aliphatic heterocycles. The van der Waals surface area contributed by atoms with Crippen LogP contribution in [0.5, 0.6) is 0 Å². The first-order valence-corrected chi connectivity index (χ1v) is 11.4. The van der Waals surface area contributed by atoms with Crippen LogP contribution in [0, 0.1) is 23.7 Å². The minimum absolute atomic E-state index is 0.0134. The quantitative estimate of drug-likeness (QED) is 0.311. The van der Waals surface area contributed by atoms with E-state index in [1.165, 1.54) is 9.78 Å². The van der Waals surface area contributed by atoms with Crippen LogP contribution in [0.2, 0.25) is 0 Å². The minimum Gasteiger partial charge on any atom is -0.357 e. The number of hydrogen-bond donors (Lipinski definition) is 2. The van der Waals surface area contributed by atoms with Crippen LogP contribution in [0.1, 0.15) is 32.1 Å². The van der Waals surface area contributed by atoms with Gasteiger partial charge in [0, 0.05) is 29.9 Å². The molecule has 1 aromatic heterocycles. The molecule has 7 heteroatoms. The van der Waals surface area contributed by atoms with Crippen molar-refractivity contribution in [3.63, 3.8) is 0 Å². The van der Waals surface area contributed by atoms with Gasteiger partial charge in [-0.25, -0.2) is 0 Å². The van der Waals surface area contributed by atoms with Crippen molar-refractivity contribution < 1.29 is 9.59 Å². The molecule has 0 aromatic carbocycles. The maximum absolute atomic E-state index is 12.8. The Labute approximate surface area is 176 Å². The third-order valence-corrected chi connectivity index (χ3v) is 7.59. The van der Waals surface area contributed by atoms with Crippen LogP contribution in [-0.2, 0) is 15.0 Å². The third-order valence-electron chi connectivity index (χ3n) is 6.35. The molecular formula is C22H30N4O2S. The van der Waals surface area contributed by atoms with Gasteiger partial charge in [0.25, 0.3) is 0 Å². The molecule has 2 bridgehead atoms. The molecule has 3 aliphatic rings. The Morgan fingerprint density at radius 2 is 1.90 bits per heavy atom. The number of allylic oxidation sites excluding steroid dienone is 2. The number of carbonyl (C=O) groups excluding carboxylic acids is 2. The maximum Gasteiger partial charge on any atom is 0.233 e. The van der Waals surface area contributed by atoms with Crippen molar-refractivity contribution in [1.82, 2.24) is 15.5 Å². The van der Waals surface area contributed by atoms with E-state index < -0.39 is 0 Å². The van der Waals surface area contributed by atoms with Gasteiger partial charge in [0.05, 0.1) is 18.4 Å².